The minimum absolute atomic E-state index is 0.0238. The van der Waals surface area contributed by atoms with Gasteiger partial charge in [-0.05, 0) is 43.7 Å². The average molecular weight is 246 g/mol. The van der Waals surface area contributed by atoms with E-state index in [0.717, 1.165) is 11.6 Å². The molecule has 0 aliphatic heterocycles. The van der Waals surface area contributed by atoms with Gasteiger partial charge in [0.1, 0.15) is 5.69 Å². The highest BCUT2D eigenvalue weighted by Crippen LogP contribution is 2.29. The molecule has 2 rings (SSSR count). The number of aromatic nitrogens is 1. The Bertz CT molecular complexity index is 405. The van der Waals surface area contributed by atoms with Crippen molar-refractivity contribution >= 4 is 11.5 Å². The van der Waals surface area contributed by atoms with Crippen molar-refractivity contribution in [2.24, 2.45) is 5.92 Å². The van der Waals surface area contributed by atoms with Crippen LogP contribution in [0, 0.1) is 5.92 Å². The van der Waals surface area contributed by atoms with Crippen LogP contribution in [0.2, 0.25) is 0 Å². The quantitative estimate of drug-likeness (QED) is 0.767. The van der Waals surface area contributed by atoms with E-state index in [1.54, 1.807) is 6.92 Å². The molecule has 1 heterocycles. The van der Waals surface area contributed by atoms with E-state index in [-0.39, 0.29) is 5.78 Å². The van der Waals surface area contributed by atoms with Gasteiger partial charge in [-0.3, -0.25) is 9.78 Å². The molecular formula is C15H22N2O. The Morgan fingerprint density at radius 1 is 1.28 bits per heavy atom. The van der Waals surface area contributed by atoms with Crippen molar-refractivity contribution in [2.75, 3.05) is 11.9 Å². The first kappa shape index (κ1) is 13.1. The minimum atomic E-state index is 0.0238. The number of rotatable bonds is 3. The molecule has 3 nitrogen and oxygen atoms in total. The molecule has 0 N–H and O–H groups in total. The Hall–Kier alpha value is -1.38. The summed E-state index contributed by atoms with van der Waals surface area (Å²) in [6.45, 7) is 3.88. The maximum atomic E-state index is 11.2. The molecule has 0 amide bonds. The largest absolute Gasteiger partial charge is 0.370 e. The van der Waals surface area contributed by atoms with Crippen molar-refractivity contribution in [1.29, 1.82) is 0 Å². The highest BCUT2D eigenvalue weighted by atomic mass is 16.1. The van der Waals surface area contributed by atoms with E-state index in [1.807, 2.05) is 18.3 Å². The van der Waals surface area contributed by atoms with Crippen LogP contribution < -0.4 is 4.90 Å². The van der Waals surface area contributed by atoms with E-state index in [1.165, 1.54) is 25.7 Å². The smallest absolute Gasteiger partial charge is 0.178 e. The summed E-state index contributed by atoms with van der Waals surface area (Å²) in [6, 6.07) is 4.44. The fourth-order valence-electron chi connectivity index (χ4n) is 2.64. The van der Waals surface area contributed by atoms with E-state index in [0.29, 0.717) is 11.7 Å². The van der Waals surface area contributed by atoms with Gasteiger partial charge in [0.15, 0.2) is 5.78 Å². The highest BCUT2D eigenvalue weighted by molar-refractivity contribution is 5.92. The van der Waals surface area contributed by atoms with E-state index < -0.39 is 0 Å². The third-order valence-corrected chi connectivity index (χ3v) is 4.05. The molecule has 1 aromatic heterocycles. The minimum Gasteiger partial charge on any atom is -0.370 e. The number of anilines is 1. The van der Waals surface area contributed by atoms with Crippen LogP contribution in [0.25, 0.3) is 0 Å². The monoisotopic (exact) mass is 246 g/mol. The van der Waals surface area contributed by atoms with Crippen molar-refractivity contribution in [3.8, 4) is 0 Å². The summed E-state index contributed by atoms with van der Waals surface area (Å²) < 4.78 is 0. The fraction of sp³-hybridized carbons (Fsp3) is 0.600. The zero-order chi connectivity index (χ0) is 13.1. The number of Topliss-reactive ketones (excluding diaryl/α,β-unsaturated/α-hetero) is 1. The number of carbonyl (C=O) groups excluding carboxylic acids is 1. The zero-order valence-electron chi connectivity index (χ0n) is 11.5. The van der Waals surface area contributed by atoms with Crippen LogP contribution in [0.4, 0.5) is 5.69 Å². The molecule has 18 heavy (non-hydrogen) atoms. The number of hydrogen-bond donors (Lipinski definition) is 0. The van der Waals surface area contributed by atoms with E-state index >= 15 is 0 Å². The molecule has 1 aliphatic rings. The number of ketones is 1. The lowest BCUT2D eigenvalue weighted by Gasteiger charge is -2.34. The molecule has 98 valence electrons. The standard InChI is InChI=1S/C15H22N2O/c1-11-4-6-13(7-5-11)17(3)14-8-9-15(12(2)18)16-10-14/h8-11,13H,4-7H2,1-3H3. The number of carbonyl (C=O) groups is 1. The Kier molecular flexibility index (Phi) is 4.00. The van der Waals surface area contributed by atoms with Gasteiger partial charge in [-0.25, -0.2) is 0 Å². The average Bonchev–Trinajstić information content (AvgIpc) is 2.39. The molecule has 1 fully saturated rings. The predicted octanol–water partition coefficient (Wildman–Crippen LogP) is 3.30. The van der Waals surface area contributed by atoms with Crippen molar-refractivity contribution in [2.45, 2.75) is 45.6 Å². The summed E-state index contributed by atoms with van der Waals surface area (Å²) in [5.74, 6) is 0.892. The van der Waals surface area contributed by atoms with Gasteiger partial charge in [-0.2, -0.15) is 0 Å². The van der Waals surface area contributed by atoms with Crippen LogP contribution in [0.15, 0.2) is 18.3 Å². The first-order valence-electron chi connectivity index (χ1n) is 6.77. The van der Waals surface area contributed by atoms with Gasteiger partial charge in [-0.15, -0.1) is 0 Å². The molecule has 1 aromatic rings. The molecule has 0 aromatic carbocycles. The molecule has 1 aliphatic carbocycles. The van der Waals surface area contributed by atoms with Crippen LogP contribution in [-0.4, -0.2) is 23.9 Å². The summed E-state index contributed by atoms with van der Waals surface area (Å²) in [5, 5.41) is 0. The molecule has 0 bridgehead atoms. The van der Waals surface area contributed by atoms with Crippen molar-refractivity contribution in [3.05, 3.63) is 24.0 Å². The van der Waals surface area contributed by atoms with Crippen molar-refractivity contribution in [1.82, 2.24) is 4.98 Å². The highest BCUT2D eigenvalue weighted by Gasteiger charge is 2.22. The molecule has 0 atom stereocenters. The van der Waals surface area contributed by atoms with Crippen molar-refractivity contribution in [3.63, 3.8) is 0 Å². The lowest BCUT2D eigenvalue weighted by molar-refractivity contribution is 0.101. The van der Waals surface area contributed by atoms with Crippen LogP contribution in [0.1, 0.15) is 50.0 Å². The second-order valence-corrected chi connectivity index (χ2v) is 5.48. The SMILES string of the molecule is CC(=O)c1ccc(N(C)C2CCC(C)CC2)cn1. The Morgan fingerprint density at radius 2 is 1.94 bits per heavy atom. The Balaban J connectivity index is 2.04. The summed E-state index contributed by atoms with van der Waals surface area (Å²) in [5.41, 5.74) is 1.66. The lowest BCUT2D eigenvalue weighted by atomic mass is 9.86. The molecule has 0 spiro atoms. The third-order valence-electron chi connectivity index (χ3n) is 4.05. The summed E-state index contributed by atoms with van der Waals surface area (Å²) in [4.78, 5) is 17.7. The van der Waals surface area contributed by atoms with Gasteiger partial charge in [-0.1, -0.05) is 6.92 Å². The predicted molar refractivity (Wildman–Crippen MR) is 74.1 cm³/mol. The van der Waals surface area contributed by atoms with E-state index in [9.17, 15) is 4.79 Å². The van der Waals surface area contributed by atoms with Crippen molar-refractivity contribution < 1.29 is 4.79 Å². The normalized spacial score (nSPS) is 23.7. The zero-order valence-corrected chi connectivity index (χ0v) is 11.5. The lowest BCUT2D eigenvalue weighted by Crippen LogP contribution is -2.34. The summed E-state index contributed by atoms with van der Waals surface area (Å²) in [7, 11) is 2.13. The molecule has 1 saturated carbocycles. The van der Waals surface area contributed by atoms with Crippen LogP contribution in [0.5, 0.6) is 0 Å². The van der Waals surface area contributed by atoms with Gasteiger partial charge in [0.2, 0.25) is 0 Å². The van der Waals surface area contributed by atoms with Crippen LogP contribution >= 0.6 is 0 Å². The van der Waals surface area contributed by atoms with Gasteiger partial charge in [0.25, 0.3) is 0 Å². The molecule has 0 radical (unpaired) electrons. The van der Waals surface area contributed by atoms with Gasteiger partial charge in [0, 0.05) is 20.0 Å². The third kappa shape index (κ3) is 2.89. The number of hydrogen-bond acceptors (Lipinski definition) is 3. The maximum absolute atomic E-state index is 11.2. The van der Waals surface area contributed by atoms with Crippen LogP contribution in [0.3, 0.4) is 0 Å². The molecule has 0 saturated heterocycles. The second-order valence-electron chi connectivity index (χ2n) is 5.48. The van der Waals surface area contributed by atoms with E-state index in [2.05, 4.69) is 23.9 Å². The Labute approximate surface area is 109 Å². The molecule has 0 unspecified atom stereocenters. The molecular weight excluding hydrogens is 224 g/mol. The topological polar surface area (TPSA) is 33.2 Å². The summed E-state index contributed by atoms with van der Waals surface area (Å²) >= 11 is 0. The van der Waals surface area contributed by atoms with E-state index in [4.69, 9.17) is 0 Å². The Morgan fingerprint density at radius 3 is 2.44 bits per heavy atom. The number of pyridine rings is 1. The summed E-state index contributed by atoms with van der Waals surface area (Å²) in [6.07, 6.45) is 6.95. The number of nitrogens with zero attached hydrogens (tertiary/aromatic N) is 2. The first-order chi connectivity index (χ1) is 8.58. The van der Waals surface area contributed by atoms with Gasteiger partial charge < -0.3 is 4.90 Å². The second kappa shape index (κ2) is 5.51. The fourth-order valence-corrected chi connectivity index (χ4v) is 2.64. The molecule has 3 heteroatoms. The van der Waals surface area contributed by atoms with Gasteiger partial charge in [0.05, 0.1) is 11.9 Å². The maximum Gasteiger partial charge on any atom is 0.178 e. The van der Waals surface area contributed by atoms with Crippen LogP contribution in [-0.2, 0) is 0 Å². The first-order valence-corrected chi connectivity index (χ1v) is 6.77. The van der Waals surface area contributed by atoms with Gasteiger partial charge >= 0.3 is 0 Å².